The summed E-state index contributed by atoms with van der Waals surface area (Å²) in [6.07, 6.45) is 0. The molecule has 0 aromatic heterocycles. The summed E-state index contributed by atoms with van der Waals surface area (Å²) in [6.45, 7) is 4.09. The molecule has 0 saturated carbocycles. The molecule has 0 aliphatic carbocycles. The molecule has 2 rings (SSSR count). The number of anilines is 1. The van der Waals surface area contributed by atoms with Gasteiger partial charge in [0.25, 0.3) is 0 Å². The van der Waals surface area contributed by atoms with E-state index in [4.69, 9.17) is 0 Å². The fourth-order valence-corrected chi connectivity index (χ4v) is 2.59. The van der Waals surface area contributed by atoms with Gasteiger partial charge >= 0.3 is 0 Å². The summed E-state index contributed by atoms with van der Waals surface area (Å²) in [6, 6.07) is 18.2. The van der Waals surface area contributed by atoms with E-state index in [9.17, 15) is 4.79 Å². The Morgan fingerprint density at radius 3 is 2.00 bits per heavy atom. The number of likely N-dealkylation sites (N-methyl/N-ethyl adjacent to an activating group) is 2. The van der Waals surface area contributed by atoms with E-state index in [1.807, 2.05) is 58.3 Å². The number of amides is 1. The van der Waals surface area contributed by atoms with Crippen LogP contribution in [0.2, 0.25) is 0 Å². The topological polar surface area (TPSA) is 32.3 Å². The molecule has 1 atom stereocenters. The predicted octanol–water partition coefficient (Wildman–Crippen LogP) is 3.56. The molecule has 0 aliphatic rings. The van der Waals surface area contributed by atoms with Crippen molar-refractivity contribution in [3.05, 3.63) is 54.6 Å². The van der Waals surface area contributed by atoms with Crippen molar-refractivity contribution < 1.29 is 4.79 Å². The number of benzene rings is 2. The smallest absolute Gasteiger partial charge is 0.244 e. The molecule has 1 N–H and O–H groups in total. The van der Waals surface area contributed by atoms with Gasteiger partial charge in [0, 0.05) is 12.7 Å². The zero-order chi connectivity index (χ0) is 16.1. The van der Waals surface area contributed by atoms with Crippen LogP contribution in [0.1, 0.15) is 13.8 Å². The van der Waals surface area contributed by atoms with Crippen molar-refractivity contribution >= 4 is 11.6 Å². The van der Waals surface area contributed by atoms with E-state index in [0.29, 0.717) is 0 Å². The van der Waals surface area contributed by atoms with Crippen LogP contribution in [0, 0.1) is 5.92 Å². The van der Waals surface area contributed by atoms with Crippen LogP contribution in [0.15, 0.2) is 54.6 Å². The van der Waals surface area contributed by atoms with E-state index >= 15 is 0 Å². The third kappa shape index (κ3) is 3.55. The van der Waals surface area contributed by atoms with Gasteiger partial charge < -0.3 is 10.2 Å². The van der Waals surface area contributed by atoms with Crippen molar-refractivity contribution in [1.29, 1.82) is 0 Å². The summed E-state index contributed by atoms with van der Waals surface area (Å²) >= 11 is 0. The molecule has 116 valence electrons. The monoisotopic (exact) mass is 296 g/mol. The van der Waals surface area contributed by atoms with E-state index < -0.39 is 0 Å². The average molecular weight is 296 g/mol. The fraction of sp³-hybridized carbons (Fsp3) is 0.316. The van der Waals surface area contributed by atoms with Crippen LogP contribution in [-0.2, 0) is 4.79 Å². The van der Waals surface area contributed by atoms with Crippen molar-refractivity contribution in [2.45, 2.75) is 19.9 Å². The number of rotatable bonds is 5. The van der Waals surface area contributed by atoms with Crippen LogP contribution in [0.25, 0.3) is 11.1 Å². The maximum Gasteiger partial charge on any atom is 0.244 e. The third-order valence-electron chi connectivity index (χ3n) is 3.94. The van der Waals surface area contributed by atoms with Crippen LogP contribution in [0.5, 0.6) is 0 Å². The molecule has 0 aliphatic heterocycles. The normalized spacial score (nSPS) is 12.2. The quantitative estimate of drug-likeness (QED) is 0.915. The highest BCUT2D eigenvalue weighted by molar-refractivity contribution is 5.97. The van der Waals surface area contributed by atoms with Gasteiger partial charge in [0.1, 0.15) is 0 Å². The molecule has 0 unspecified atom stereocenters. The van der Waals surface area contributed by atoms with Crippen LogP contribution in [-0.4, -0.2) is 26.0 Å². The second kappa shape index (κ2) is 7.23. The summed E-state index contributed by atoms with van der Waals surface area (Å²) in [5.41, 5.74) is 3.24. The molecule has 0 heterocycles. The molecule has 22 heavy (non-hydrogen) atoms. The lowest BCUT2D eigenvalue weighted by atomic mass is 10.0. The Kier molecular flexibility index (Phi) is 5.34. The average Bonchev–Trinajstić information content (AvgIpc) is 2.55. The molecule has 0 radical (unpaired) electrons. The van der Waals surface area contributed by atoms with Gasteiger partial charge in [-0.3, -0.25) is 4.79 Å². The van der Waals surface area contributed by atoms with Gasteiger partial charge in [-0.15, -0.1) is 0 Å². The number of carbonyl (C=O) groups excluding carboxylic acids is 1. The highest BCUT2D eigenvalue weighted by Crippen LogP contribution is 2.23. The minimum atomic E-state index is -0.168. The zero-order valence-corrected chi connectivity index (χ0v) is 13.7. The van der Waals surface area contributed by atoms with Crippen LogP contribution < -0.4 is 10.2 Å². The summed E-state index contributed by atoms with van der Waals surface area (Å²) in [4.78, 5) is 14.3. The van der Waals surface area contributed by atoms with Gasteiger partial charge in [0.2, 0.25) is 5.91 Å². The molecule has 3 heteroatoms. The Balaban J connectivity index is 2.18. The molecular formula is C19H24N2O. The van der Waals surface area contributed by atoms with Crippen molar-refractivity contribution in [3.8, 4) is 11.1 Å². The number of nitrogens with one attached hydrogen (secondary N) is 1. The van der Waals surface area contributed by atoms with E-state index in [1.54, 1.807) is 4.90 Å². The first-order valence-corrected chi connectivity index (χ1v) is 7.65. The standard InChI is InChI=1S/C19H24N2O/c1-14(2)18(20-3)19(22)21(4)17-12-10-16(11-13-17)15-8-6-5-7-9-15/h5-14,18,20H,1-4H3/t18-/m0/s1. The molecular weight excluding hydrogens is 272 g/mol. The highest BCUT2D eigenvalue weighted by atomic mass is 16.2. The number of carbonyl (C=O) groups is 1. The van der Waals surface area contributed by atoms with E-state index in [2.05, 4.69) is 29.6 Å². The summed E-state index contributed by atoms with van der Waals surface area (Å²) in [5, 5.41) is 3.10. The number of hydrogen-bond donors (Lipinski definition) is 1. The first-order valence-electron chi connectivity index (χ1n) is 7.65. The van der Waals surface area contributed by atoms with Crippen molar-refractivity contribution in [1.82, 2.24) is 5.32 Å². The summed E-state index contributed by atoms with van der Waals surface area (Å²) < 4.78 is 0. The first kappa shape index (κ1) is 16.2. The van der Waals surface area contributed by atoms with Gasteiger partial charge in [-0.1, -0.05) is 56.3 Å². The molecule has 0 saturated heterocycles. The minimum Gasteiger partial charge on any atom is -0.314 e. The Morgan fingerprint density at radius 2 is 1.50 bits per heavy atom. The lowest BCUT2D eigenvalue weighted by Crippen LogP contribution is -2.46. The first-order chi connectivity index (χ1) is 10.5. The van der Waals surface area contributed by atoms with Gasteiger partial charge in [-0.05, 0) is 36.2 Å². The Hall–Kier alpha value is -2.13. The molecule has 1 amide bonds. The van der Waals surface area contributed by atoms with Gasteiger partial charge in [-0.25, -0.2) is 0 Å². The molecule has 0 bridgehead atoms. The van der Waals surface area contributed by atoms with Crippen molar-refractivity contribution in [2.24, 2.45) is 5.92 Å². The van der Waals surface area contributed by atoms with E-state index in [1.165, 1.54) is 5.56 Å². The van der Waals surface area contributed by atoms with E-state index in [0.717, 1.165) is 11.3 Å². The third-order valence-corrected chi connectivity index (χ3v) is 3.94. The maximum absolute atomic E-state index is 12.5. The summed E-state index contributed by atoms with van der Waals surface area (Å²) in [7, 11) is 3.65. The molecule has 0 fully saturated rings. The largest absolute Gasteiger partial charge is 0.314 e. The van der Waals surface area contributed by atoms with Crippen molar-refractivity contribution in [3.63, 3.8) is 0 Å². The minimum absolute atomic E-state index is 0.0879. The molecule has 3 nitrogen and oxygen atoms in total. The second-order valence-corrected chi connectivity index (χ2v) is 5.82. The Morgan fingerprint density at radius 1 is 0.955 bits per heavy atom. The van der Waals surface area contributed by atoms with Crippen LogP contribution in [0.4, 0.5) is 5.69 Å². The molecule has 2 aromatic rings. The summed E-state index contributed by atoms with van der Waals surface area (Å²) in [5.74, 6) is 0.341. The SMILES string of the molecule is CN[C@H](C(=O)N(C)c1ccc(-c2ccccc2)cc1)C(C)C. The lowest BCUT2D eigenvalue weighted by Gasteiger charge is -2.26. The lowest BCUT2D eigenvalue weighted by molar-refractivity contribution is -0.121. The maximum atomic E-state index is 12.5. The zero-order valence-electron chi connectivity index (χ0n) is 13.7. The van der Waals surface area contributed by atoms with Crippen LogP contribution >= 0.6 is 0 Å². The van der Waals surface area contributed by atoms with Gasteiger partial charge in [-0.2, -0.15) is 0 Å². The van der Waals surface area contributed by atoms with Crippen molar-refractivity contribution in [2.75, 3.05) is 19.0 Å². The fourth-order valence-electron chi connectivity index (χ4n) is 2.59. The Bertz CT molecular complexity index is 605. The van der Waals surface area contributed by atoms with Gasteiger partial charge in [0.15, 0.2) is 0 Å². The molecule has 2 aromatic carbocycles. The van der Waals surface area contributed by atoms with E-state index in [-0.39, 0.29) is 17.9 Å². The highest BCUT2D eigenvalue weighted by Gasteiger charge is 2.24. The molecule has 0 spiro atoms. The number of nitrogens with zero attached hydrogens (tertiary/aromatic N) is 1. The van der Waals surface area contributed by atoms with Crippen LogP contribution in [0.3, 0.4) is 0 Å². The Labute approximate surface area is 133 Å². The predicted molar refractivity (Wildman–Crippen MR) is 93.0 cm³/mol. The van der Waals surface area contributed by atoms with Gasteiger partial charge in [0.05, 0.1) is 6.04 Å². The number of hydrogen-bond acceptors (Lipinski definition) is 2. The second-order valence-electron chi connectivity index (χ2n) is 5.82.